The zero-order valence-corrected chi connectivity index (χ0v) is 19.0. The Hall–Kier alpha value is -2.01. The van der Waals surface area contributed by atoms with Crippen molar-refractivity contribution in [2.75, 3.05) is 6.54 Å². The number of halogens is 2. The van der Waals surface area contributed by atoms with Gasteiger partial charge in [0.05, 0.1) is 6.54 Å². The molecule has 3 rings (SSSR count). The summed E-state index contributed by atoms with van der Waals surface area (Å²) in [6.45, 7) is 3.75. The van der Waals surface area contributed by atoms with Crippen LogP contribution in [0.5, 0.6) is 0 Å². The molecule has 0 spiro atoms. The summed E-state index contributed by atoms with van der Waals surface area (Å²) in [5.41, 5.74) is 1.07. The van der Waals surface area contributed by atoms with Crippen LogP contribution in [0.15, 0.2) is 46.8 Å². The SMILES string of the molecule is Cc1nnc(CN=C(NCCc2ccc(F)cc2)NCc2cccs2)n1C.I. The number of benzene rings is 1. The molecular weight excluding hydrogens is 490 g/mol. The Morgan fingerprint density at radius 1 is 1.18 bits per heavy atom. The second kappa shape index (κ2) is 11.1. The van der Waals surface area contributed by atoms with E-state index < -0.39 is 0 Å². The van der Waals surface area contributed by atoms with Gasteiger partial charge in [0.1, 0.15) is 18.2 Å². The third-order valence-corrected chi connectivity index (χ3v) is 5.07. The molecular formula is C19H24FIN6S. The number of aryl methyl sites for hydroxylation is 1. The third kappa shape index (κ3) is 6.55. The minimum absolute atomic E-state index is 0. The lowest BCUT2D eigenvalue weighted by Gasteiger charge is -2.12. The van der Waals surface area contributed by atoms with E-state index in [1.165, 1.54) is 17.0 Å². The molecule has 0 amide bonds. The van der Waals surface area contributed by atoms with Gasteiger partial charge in [-0.1, -0.05) is 18.2 Å². The van der Waals surface area contributed by atoms with Crippen LogP contribution in [0.2, 0.25) is 0 Å². The van der Waals surface area contributed by atoms with E-state index in [0.717, 1.165) is 23.6 Å². The number of hydrogen-bond donors (Lipinski definition) is 2. The number of aromatic nitrogens is 3. The van der Waals surface area contributed by atoms with Gasteiger partial charge in [-0.15, -0.1) is 45.5 Å². The monoisotopic (exact) mass is 514 g/mol. The number of rotatable bonds is 7. The van der Waals surface area contributed by atoms with E-state index in [1.54, 1.807) is 23.5 Å². The van der Waals surface area contributed by atoms with Crippen LogP contribution >= 0.6 is 35.3 Å². The van der Waals surface area contributed by atoms with Gasteiger partial charge in [-0.25, -0.2) is 9.38 Å². The third-order valence-electron chi connectivity index (χ3n) is 4.19. The highest BCUT2D eigenvalue weighted by Gasteiger charge is 2.06. The van der Waals surface area contributed by atoms with Crippen molar-refractivity contribution in [3.05, 3.63) is 69.7 Å². The molecule has 9 heteroatoms. The molecule has 3 aromatic rings. The van der Waals surface area contributed by atoms with Crippen LogP contribution in [0, 0.1) is 12.7 Å². The summed E-state index contributed by atoms with van der Waals surface area (Å²) in [6.07, 6.45) is 0.781. The molecule has 0 aliphatic carbocycles. The van der Waals surface area contributed by atoms with E-state index in [4.69, 9.17) is 0 Å². The second-order valence-corrected chi connectivity index (χ2v) is 7.16. The lowest BCUT2D eigenvalue weighted by Crippen LogP contribution is -2.38. The van der Waals surface area contributed by atoms with Crippen LogP contribution in [0.1, 0.15) is 22.1 Å². The average Bonchev–Trinajstić information content (AvgIpc) is 3.30. The fraction of sp³-hybridized carbons (Fsp3) is 0.316. The van der Waals surface area contributed by atoms with Crippen molar-refractivity contribution in [2.24, 2.45) is 12.0 Å². The predicted molar refractivity (Wildman–Crippen MR) is 122 cm³/mol. The van der Waals surface area contributed by atoms with Gasteiger partial charge in [-0.2, -0.15) is 0 Å². The highest BCUT2D eigenvalue weighted by Crippen LogP contribution is 2.07. The molecule has 0 bridgehead atoms. The van der Waals surface area contributed by atoms with Crippen LogP contribution in [-0.4, -0.2) is 27.3 Å². The molecule has 0 aliphatic heterocycles. The molecule has 0 saturated carbocycles. The Kier molecular flexibility index (Phi) is 8.84. The molecule has 0 aliphatic rings. The largest absolute Gasteiger partial charge is 0.356 e. The van der Waals surface area contributed by atoms with Gasteiger partial charge in [0.15, 0.2) is 11.8 Å². The molecule has 150 valence electrons. The number of nitrogens with one attached hydrogen (secondary N) is 2. The first-order valence-corrected chi connectivity index (χ1v) is 9.63. The van der Waals surface area contributed by atoms with E-state index in [9.17, 15) is 4.39 Å². The molecule has 0 saturated heterocycles. The molecule has 6 nitrogen and oxygen atoms in total. The summed E-state index contributed by atoms with van der Waals surface area (Å²) in [5.74, 6) is 2.16. The Labute approximate surface area is 185 Å². The Balaban J connectivity index is 0.00000280. The Morgan fingerprint density at radius 2 is 1.96 bits per heavy atom. The summed E-state index contributed by atoms with van der Waals surface area (Å²) in [6, 6.07) is 10.7. The summed E-state index contributed by atoms with van der Waals surface area (Å²) in [7, 11) is 1.93. The lowest BCUT2D eigenvalue weighted by molar-refractivity contribution is 0.626. The van der Waals surface area contributed by atoms with E-state index in [0.29, 0.717) is 25.6 Å². The van der Waals surface area contributed by atoms with Gasteiger partial charge in [0.2, 0.25) is 0 Å². The molecule has 28 heavy (non-hydrogen) atoms. The van der Waals surface area contributed by atoms with Crippen LogP contribution in [-0.2, 0) is 26.6 Å². The number of nitrogens with zero attached hydrogens (tertiary/aromatic N) is 4. The molecule has 0 radical (unpaired) electrons. The fourth-order valence-electron chi connectivity index (χ4n) is 2.47. The quantitative estimate of drug-likeness (QED) is 0.288. The maximum atomic E-state index is 13.0. The fourth-order valence-corrected chi connectivity index (χ4v) is 3.12. The van der Waals surface area contributed by atoms with Crippen molar-refractivity contribution in [3.8, 4) is 0 Å². The minimum atomic E-state index is -0.217. The zero-order valence-electron chi connectivity index (χ0n) is 15.9. The Bertz CT molecular complexity index is 876. The van der Waals surface area contributed by atoms with Gasteiger partial charge in [-0.3, -0.25) is 0 Å². The maximum absolute atomic E-state index is 13.0. The highest BCUT2D eigenvalue weighted by atomic mass is 127. The topological polar surface area (TPSA) is 67.1 Å². The van der Waals surface area contributed by atoms with Crippen molar-refractivity contribution < 1.29 is 4.39 Å². The standard InChI is InChI=1S/C19H23FN6S.HI/c1-14-24-25-18(26(14)2)13-23-19(22-12-17-4-3-11-27-17)21-10-9-15-5-7-16(20)8-6-15;/h3-8,11H,9-10,12-13H2,1-2H3,(H2,21,22,23);1H. The van der Waals surface area contributed by atoms with Crippen molar-refractivity contribution in [2.45, 2.75) is 26.4 Å². The number of thiophene rings is 1. The molecule has 2 aromatic heterocycles. The van der Waals surface area contributed by atoms with Gasteiger partial charge >= 0.3 is 0 Å². The zero-order chi connectivity index (χ0) is 19.1. The van der Waals surface area contributed by atoms with Crippen LogP contribution in [0.3, 0.4) is 0 Å². The molecule has 0 fully saturated rings. The van der Waals surface area contributed by atoms with E-state index >= 15 is 0 Å². The van der Waals surface area contributed by atoms with E-state index in [1.807, 2.05) is 24.6 Å². The van der Waals surface area contributed by atoms with Gasteiger partial charge in [-0.05, 0) is 42.5 Å². The van der Waals surface area contributed by atoms with Crippen molar-refractivity contribution in [1.29, 1.82) is 0 Å². The molecule has 2 heterocycles. The normalized spacial score (nSPS) is 11.2. The van der Waals surface area contributed by atoms with E-state index in [-0.39, 0.29) is 29.8 Å². The smallest absolute Gasteiger partial charge is 0.192 e. The van der Waals surface area contributed by atoms with Crippen molar-refractivity contribution >= 4 is 41.3 Å². The maximum Gasteiger partial charge on any atom is 0.192 e. The predicted octanol–water partition coefficient (Wildman–Crippen LogP) is 3.42. The van der Waals surface area contributed by atoms with Crippen molar-refractivity contribution in [3.63, 3.8) is 0 Å². The summed E-state index contributed by atoms with van der Waals surface area (Å²) < 4.78 is 14.9. The van der Waals surface area contributed by atoms with E-state index in [2.05, 4.69) is 37.3 Å². The molecule has 1 aromatic carbocycles. The highest BCUT2D eigenvalue weighted by molar-refractivity contribution is 14.0. The Morgan fingerprint density at radius 3 is 2.61 bits per heavy atom. The van der Waals surface area contributed by atoms with Gasteiger partial charge in [0.25, 0.3) is 0 Å². The number of aliphatic imine (C=N–C) groups is 1. The first-order chi connectivity index (χ1) is 13.1. The van der Waals surface area contributed by atoms with Crippen LogP contribution in [0.25, 0.3) is 0 Å². The molecule has 0 atom stereocenters. The first kappa shape index (κ1) is 22.3. The summed E-state index contributed by atoms with van der Waals surface area (Å²) in [5, 5.41) is 16.9. The van der Waals surface area contributed by atoms with Gasteiger partial charge < -0.3 is 15.2 Å². The summed E-state index contributed by atoms with van der Waals surface area (Å²) >= 11 is 1.70. The van der Waals surface area contributed by atoms with Crippen LogP contribution < -0.4 is 10.6 Å². The number of hydrogen-bond acceptors (Lipinski definition) is 4. The first-order valence-electron chi connectivity index (χ1n) is 8.75. The molecule has 2 N–H and O–H groups in total. The lowest BCUT2D eigenvalue weighted by atomic mass is 10.1. The molecule has 0 unspecified atom stereocenters. The minimum Gasteiger partial charge on any atom is -0.356 e. The summed E-state index contributed by atoms with van der Waals surface area (Å²) in [4.78, 5) is 5.86. The number of guanidine groups is 1. The van der Waals surface area contributed by atoms with Crippen molar-refractivity contribution in [1.82, 2.24) is 25.4 Å². The van der Waals surface area contributed by atoms with Gasteiger partial charge in [0, 0.05) is 18.5 Å². The van der Waals surface area contributed by atoms with Crippen LogP contribution in [0.4, 0.5) is 4.39 Å². The average molecular weight is 514 g/mol. The second-order valence-electron chi connectivity index (χ2n) is 6.12.